The number of nitrogens with zero attached hydrogens (tertiary/aromatic N) is 1. The van der Waals surface area contributed by atoms with Crippen molar-refractivity contribution in [2.75, 3.05) is 0 Å². The molecule has 0 aliphatic carbocycles. The van der Waals surface area contributed by atoms with Crippen molar-refractivity contribution in [1.82, 2.24) is 4.40 Å². The monoisotopic (exact) mass is 285 g/mol. The summed E-state index contributed by atoms with van der Waals surface area (Å²) >= 11 is 0. The maximum atomic E-state index is 4.02. The molecule has 3 aromatic rings. The fourth-order valence-corrected chi connectivity index (χ4v) is 3.23. The molecule has 2 aromatic heterocycles. The first-order valence-electron chi connectivity index (χ1n) is 7.37. The first-order valence-corrected chi connectivity index (χ1v) is 7.37. The van der Waals surface area contributed by atoms with E-state index in [9.17, 15) is 0 Å². The van der Waals surface area contributed by atoms with Crippen LogP contribution in [0.5, 0.6) is 0 Å². The van der Waals surface area contributed by atoms with Crippen molar-refractivity contribution in [3.8, 4) is 0 Å². The molecule has 1 heteroatoms. The largest absolute Gasteiger partial charge is 0.308 e. The first kappa shape index (κ1) is 14.2. The van der Waals surface area contributed by atoms with Crippen LogP contribution < -0.4 is 15.8 Å². The highest BCUT2D eigenvalue weighted by Crippen LogP contribution is 2.15. The van der Waals surface area contributed by atoms with Gasteiger partial charge in [-0.15, -0.1) is 0 Å². The second-order valence-corrected chi connectivity index (χ2v) is 5.12. The molecule has 0 bridgehead atoms. The summed E-state index contributed by atoms with van der Waals surface area (Å²) in [4.78, 5) is 0. The zero-order valence-electron chi connectivity index (χ0n) is 12.8. The average Bonchev–Trinajstić information content (AvgIpc) is 3.01. The maximum Gasteiger partial charge on any atom is 0.0616 e. The standard InChI is InChI=1S/C21H19N/c1-5-11-17-15(7-3)21-16(8-4)18-13-9-10-14-20(18)22(21)19(17)12-6-2/h5-14H,1-3H2,4H3/b16-8-,17-11-,19-12+. The van der Waals surface area contributed by atoms with Gasteiger partial charge in [0.05, 0.1) is 16.4 Å². The lowest BCUT2D eigenvalue weighted by Gasteiger charge is -1.92. The van der Waals surface area contributed by atoms with Crippen LogP contribution in [0.4, 0.5) is 0 Å². The van der Waals surface area contributed by atoms with Gasteiger partial charge in [-0.3, -0.25) is 0 Å². The van der Waals surface area contributed by atoms with Crippen molar-refractivity contribution in [2.45, 2.75) is 6.92 Å². The van der Waals surface area contributed by atoms with Gasteiger partial charge >= 0.3 is 0 Å². The van der Waals surface area contributed by atoms with Gasteiger partial charge in [0.25, 0.3) is 0 Å². The zero-order valence-corrected chi connectivity index (χ0v) is 12.8. The Labute approximate surface area is 130 Å². The Bertz CT molecular complexity index is 1080. The van der Waals surface area contributed by atoms with Gasteiger partial charge in [-0.25, -0.2) is 0 Å². The molecule has 0 aliphatic rings. The summed E-state index contributed by atoms with van der Waals surface area (Å²) in [6, 6.07) is 8.47. The van der Waals surface area contributed by atoms with Crippen LogP contribution in [-0.2, 0) is 0 Å². The highest BCUT2D eigenvalue weighted by atomic mass is 14.9. The fourth-order valence-electron chi connectivity index (χ4n) is 3.23. The molecule has 2 heterocycles. The molecule has 0 aliphatic heterocycles. The Morgan fingerprint density at radius 2 is 1.68 bits per heavy atom. The Balaban J connectivity index is 2.85. The van der Waals surface area contributed by atoms with Crippen LogP contribution in [0.3, 0.4) is 0 Å². The maximum absolute atomic E-state index is 4.02. The molecule has 1 aromatic carbocycles. The minimum Gasteiger partial charge on any atom is -0.308 e. The van der Waals surface area contributed by atoms with Crippen molar-refractivity contribution in [1.29, 1.82) is 0 Å². The molecule has 0 unspecified atom stereocenters. The molecule has 108 valence electrons. The van der Waals surface area contributed by atoms with E-state index in [0.717, 1.165) is 16.1 Å². The lowest BCUT2D eigenvalue weighted by molar-refractivity contribution is 1.21. The van der Waals surface area contributed by atoms with Gasteiger partial charge in [-0.05, 0) is 19.1 Å². The third-order valence-electron chi connectivity index (χ3n) is 4.03. The van der Waals surface area contributed by atoms with Gasteiger partial charge in [-0.1, -0.05) is 68.3 Å². The molecule has 3 rings (SSSR count). The van der Waals surface area contributed by atoms with Gasteiger partial charge in [0.15, 0.2) is 0 Å². The molecule has 0 saturated carbocycles. The minimum absolute atomic E-state index is 1.11. The second kappa shape index (κ2) is 5.53. The molecule has 22 heavy (non-hydrogen) atoms. The number of para-hydroxylation sites is 1. The Morgan fingerprint density at radius 1 is 0.955 bits per heavy atom. The van der Waals surface area contributed by atoms with E-state index in [2.05, 4.69) is 61.4 Å². The normalized spacial score (nSPS) is 14.1. The predicted octanol–water partition coefficient (Wildman–Crippen LogP) is 3.19. The van der Waals surface area contributed by atoms with E-state index in [-0.39, 0.29) is 0 Å². The van der Waals surface area contributed by atoms with Crippen LogP contribution in [0, 0.1) is 0 Å². The van der Waals surface area contributed by atoms with E-state index in [0.29, 0.717) is 0 Å². The zero-order chi connectivity index (χ0) is 15.7. The highest BCUT2D eigenvalue weighted by molar-refractivity contribution is 5.93. The third kappa shape index (κ3) is 1.79. The molecule has 1 nitrogen and oxygen atoms in total. The Hall–Kier alpha value is -2.80. The molecular formula is C21H19N. The van der Waals surface area contributed by atoms with Crippen LogP contribution in [0.15, 0.2) is 56.2 Å². The van der Waals surface area contributed by atoms with E-state index in [1.54, 1.807) is 0 Å². The number of aromatic nitrogens is 1. The van der Waals surface area contributed by atoms with Gasteiger partial charge in [-0.2, -0.15) is 0 Å². The fraction of sp³-hybridized carbons (Fsp3) is 0.0476. The van der Waals surface area contributed by atoms with E-state index >= 15 is 0 Å². The number of rotatable bonds is 3. The third-order valence-corrected chi connectivity index (χ3v) is 4.03. The number of fused-ring (bicyclic) bond motifs is 3. The molecule has 0 radical (unpaired) electrons. The number of allylic oxidation sites excluding steroid dienone is 2. The van der Waals surface area contributed by atoms with E-state index in [1.807, 2.05) is 30.4 Å². The topological polar surface area (TPSA) is 4.41 Å². The molecule has 0 fully saturated rings. The van der Waals surface area contributed by atoms with E-state index < -0.39 is 0 Å². The van der Waals surface area contributed by atoms with Crippen LogP contribution in [0.2, 0.25) is 0 Å². The van der Waals surface area contributed by atoms with Crippen molar-refractivity contribution < 1.29 is 0 Å². The summed E-state index contributed by atoms with van der Waals surface area (Å²) in [5.41, 5.74) is 3.53. The van der Waals surface area contributed by atoms with Crippen molar-refractivity contribution >= 4 is 40.7 Å². The van der Waals surface area contributed by atoms with Crippen LogP contribution >= 0.6 is 0 Å². The van der Waals surface area contributed by atoms with Gasteiger partial charge in [0.1, 0.15) is 0 Å². The molecule has 0 spiro atoms. The summed E-state index contributed by atoms with van der Waals surface area (Å²) < 4.78 is 2.29. The van der Waals surface area contributed by atoms with Crippen LogP contribution in [0.1, 0.15) is 12.5 Å². The summed E-state index contributed by atoms with van der Waals surface area (Å²) in [5, 5.41) is 4.75. The Kier molecular flexibility index (Phi) is 3.56. The van der Waals surface area contributed by atoms with Crippen molar-refractivity contribution in [2.24, 2.45) is 0 Å². The summed E-state index contributed by atoms with van der Waals surface area (Å²) in [7, 11) is 0. The summed E-state index contributed by atoms with van der Waals surface area (Å²) in [6.07, 6.45) is 11.8. The van der Waals surface area contributed by atoms with Crippen LogP contribution in [-0.4, -0.2) is 4.40 Å². The summed E-state index contributed by atoms with van der Waals surface area (Å²) in [5.74, 6) is 0. The van der Waals surface area contributed by atoms with Crippen LogP contribution in [0.25, 0.3) is 40.7 Å². The Morgan fingerprint density at radius 3 is 2.32 bits per heavy atom. The predicted molar refractivity (Wildman–Crippen MR) is 98.9 cm³/mol. The average molecular weight is 285 g/mol. The van der Waals surface area contributed by atoms with E-state index in [1.165, 1.54) is 21.6 Å². The minimum atomic E-state index is 1.11. The molecule has 0 saturated heterocycles. The number of hydrogen-bond donors (Lipinski definition) is 0. The van der Waals surface area contributed by atoms with Gasteiger partial charge in [0, 0.05) is 21.4 Å². The lowest BCUT2D eigenvalue weighted by atomic mass is 10.1. The smallest absolute Gasteiger partial charge is 0.0616 e. The molecule has 0 atom stereocenters. The van der Waals surface area contributed by atoms with Crippen molar-refractivity contribution in [3.05, 3.63) is 77.5 Å². The quantitative estimate of drug-likeness (QED) is 0.696. The summed E-state index contributed by atoms with van der Waals surface area (Å²) in [6.45, 7) is 13.8. The second-order valence-electron chi connectivity index (χ2n) is 5.12. The van der Waals surface area contributed by atoms with Gasteiger partial charge < -0.3 is 4.40 Å². The molecule has 0 N–H and O–H groups in total. The molecular weight excluding hydrogens is 266 g/mol. The van der Waals surface area contributed by atoms with E-state index in [4.69, 9.17) is 0 Å². The molecule has 0 amide bonds. The lowest BCUT2D eigenvalue weighted by Crippen LogP contribution is -2.26. The number of hydrogen-bond acceptors (Lipinski definition) is 0. The highest BCUT2D eigenvalue weighted by Gasteiger charge is 2.13. The number of benzene rings is 1. The first-order chi connectivity index (χ1) is 10.8. The van der Waals surface area contributed by atoms with Gasteiger partial charge in [0.2, 0.25) is 0 Å². The SMILES string of the molecule is C=C/C=c1/c(C=C)c2/c(=C\C)c3ccccc3n2/c1=C/C=C. The van der Waals surface area contributed by atoms with Crippen molar-refractivity contribution in [3.63, 3.8) is 0 Å².